The Kier molecular flexibility index (Phi) is 6.75. The Hall–Kier alpha value is -4.04. The highest BCUT2D eigenvalue weighted by atomic mass is 16.5. The van der Waals surface area contributed by atoms with Gasteiger partial charge < -0.3 is 9.84 Å². The van der Waals surface area contributed by atoms with Gasteiger partial charge in [0.25, 0.3) is 0 Å². The maximum atomic E-state index is 11.1. The molecule has 0 spiro atoms. The Balaban J connectivity index is 1.45. The number of carboxylic acids is 1. The van der Waals surface area contributed by atoms with Crippen molar-refractivity contribution in [1.29, 1.82) is 0 Å². The van der Waals surface area contributed by atoms with Crippen LogP contribution in [0.2, 0.25) is 0 Å². The summed E-state index contributed by atoms with van der Waals surface area (Å²) < 4.78 is 7.97. The molecule has 0 fully saturated rings. The van der Waals surface area contributed by atoms with Crippen molar-refractivity contribution in [3.8, 4) is 17.6 Å². The Labute approximate surface area is 193 Å². The van der Waals surface area contributed by atoms with Gasteiger partial charge in [-0.1, -0.05) is 54.5 Å². The first-order chi connectivity index (χ1) is 16.0. The molecule has 0 amide bonds. The minimum absolute atomic E-state index is 0.0156. The number of ether oxygens (including phenoxy) is 1. The lowest BCUT2D eigenvalue weighted by molar-refractivity contribution is -0.137. The normalized spacial score (nSPS) is 11.6. The number of carboxylic acid groups (broad SMARTS) is 1. The van der Waals surface area contributed by atoms with Crippen LogP contribution in [-0.2, 0) is 17.9 Å². The molecule has 0 radical (unpaired) electrons. The van der Waals surface area contributed by atoms with Crippen LogP contribution in [0, 0.1) is 18.8 Å². The molecule has 4 aromatic rings. The van der Waals surface area contributed by atoms with Crippen LogP contribution in [0.3, 0.4) is 0 Å². The lowest BCUT2D eigenvalue weighted by Crippen LogP contribution is -2.04. The molecule has 0 aliphatic heterocycles. The average molecular weight is 439 g/mol. The van der Waals surface area contributed by atoms with Gasteiger partial charge in [-0.25, -0.2) is 0 Å². The second-order valence-electron chi connectivity index (χ2n) is 8.07. The Bertz CT molecular complexity index is 1310. The number of rotatable bonds is 8. The summed E-state index contributed by atoms with van der Waals surface area (Å²) in [6.45, 7) is 4.96. The molecule has 0 aliphatic carbocycles. The van der Waals surface area contributed by atoms with Gasteiger partial charge in [0, 0.05) is 11.6 Å². The van der Waals surface area contributed by atoms with Crippen molar-refractivity contribution in [2.45, 2.75) is 39.3 Å². The molecule has 1 heterocycles. The van der Waals surface area contributed by atoms with Crippen LogP contribution in [-0.4, -0.2) is 20.9 Å². The second-order valence-corrected chi connectivity index (χ2v) is 8.07. The molecule has 5 heteroatoms. The van der Waals surface area contributed by atoms with Gasteiger partial charge in [0.15, 0.2) is 0 Å². The first kappa shape index (κ1) is 22.2. The predicted octanol–water partition coefficient (Wildman–Crippen LogP) is 5.55. The maximum absolute atomic E-state index is 11.1. The molecule has 0 saturated carbocycles. The van der Waals surface area contributed by atoms with Gasteiger partial charge in [-0.15, -0.1) is 5.92 Å². The van der Waals surface area contributed by atoms with E-state index in [0.29, 0.717) is 6.61 Å². The molecule has 1 N–H and O–H groups in total. The highest BCUT2D eigenvalue weighted by Gasteiger charge is 2.13. The van der Waals surface area contributed by atoms with Crippen molar-refractivity contribution in [3.05, 3.63) is 95.2 Å². The molecule has 1 atom stereocenters. The van der Waals surface area contributed by atoms with E-state index in [1.54, 1.807) is 6.92 Å². The summed E-state index contributed by atoms with van der Waals surface area (Å²) in [7, 11) is 0. The van der Waals surface area contributed by atoms with Gasteiger partial charge >= 0.3 is 5.97 Å². The van der Waals surface area contributed by atoms with Gasteiger partial charge in [0.1, 0.15) is 12.4 Å². The zero-order valence-corrected chi connectivity index (χ0v) is 18.8. The molecule has 0 saturated heterocycles. The van der Waals surface area contributed by atoms with E-state index in [1.807, 2.05) is 47.1 Å². The first-order valence-corrected chi connectivity index (χ1v) is 10.9. The van der Waals surface area contributed by atoms with Crippen LogP contribution < -0.4 is 4.74 Å². The van der Waals surface area contributed by atoms with E-state index in [9.17, 15) is 4.79 Å². The summed E-state index contributed by atoms with van der Waals surface area (Å²) in [5, 5.41) is 15.0. The third-order valence-corrected chi connectivity index (χ3v) is 5.48. The summed E-state index contributed by atoms with van der Waals surface area (Å²) in [4.78, 5) is 11.1. The molecule has 0 unspecified atom stereocenters. The number of hydrogen-bond donors (Lipinski definition) is 1. The molecule has 3 aromatic carbocycles. The number of aromatic nitrogens is 2. The van der Waals surface area contributed by atoms with Gasteiger partial charge in [-0.2, -0.15) is 5.10 Å². The second kappa shape index (κ2) is 10.1. The van der Waals surface area contributed by atoms with Gasteiger partial charge in [0.05, 0.1) is 24.4 Å². The number of nitrogens with zero attached hydrogens (tertiary/aromatic N) is 2. The van der Waals surface area contributed by atoms with E-state index in [2.05, 4.69) is 49.2 Å². The zero-order valence-electron chi connectivity index (χ0n) is 18.8. The van der Waals surface area contributed by atoms with Crippen LogP contribution in [0.25, 0.3) is 10.9 Å². The highest BCUT2D eigenvalue weighted by molar-refractivity contribution is 5.82. The van der Waals surface area contributed by atoms with E-state index in [4.69, 9.17) is 14.9 Å². The molecule has 5 nitrogen and oxygen atoms in total. The van der Waals surface area contributed by atoms with Gasteiger partial charge in [-0.3, -0.25) is 9.48 Å². The van der Waals surface area contributed by atoms with Gasteiger partial charge in [-0.05, 0) is 54.3 Å². The van der Waals surface area contributed by atoms with Crippen LogP contribution in [0.1, 0.15) is 41.5 Å². The van der Waals surface area contributed by atoms with Crippen molar-refractivity contribution in [3.63, 3.8) is 0 Å². The van der Waals surface area contributed by atoms with E-state index in [0.717, 1.165) is 39.9 Å². The number of aliphatic carboxylic acids is 1. The maximum Gasteiger partial charge on any atom is 0.304 e. The van der Waals surface area contributed by atoms with Crippen LogP contribution in [0.15, 0.2) is 72.9 Å². The van der Waals surface area contributed by atoms with Crippen LogP contribution in [0.4, 0.5) is 0 Å². The molecule has 166 valence electrons. The van der Waals surface area contributed by atoms with Crippen molar-refractivity contribution in [2.24, 2.45) is 0 Å². The number of carbonyl (C=O) groups is 1. The largest absolute Gasteiger partial charge is 0.489 e. The monoisotopic (exact) mass is 438 g/mol. The standard InChI is InChI=1S/C28H26N2O3/c1-3-7-24(16-27(31)32)23-10-12-26(13-11-23)33-19-22-14-20(2)28-25(15-22)18-30(29-28)17-21-8-5-4-6-9-21/h4-6,8-15,18,24H,16-17,19H2,1-2H3,(H,31,32)/t24-/m0/s1. The first-order valence-electron chi connectivity index (χ1n) is 10.9. The third kappa shape index (κ3) is 5.61. The molecule has 0 aliphatic rings. The minimum atomic E-state index is -0.860. The smallest absolute Gasteiger partial charge is 0.304 e. The third-order valence-electron chi connectivity index (χ3n) is 5.48. The summed E-state index contributed by atoms with van der Waals surface area (Å²) >= 11 is 0. The lowest BCUT2D eigenvalue weighted by Gasteiger charge is -2.11. The number of hydrogen-bond acceptors (Lipinski definition) is 3. The minimum Gasteiger partial charge on any atom is -0.489 e. The van der Waals surface area contributed by atoms with Gasteiger partial charge in [0.2, 0.25) is 0 Å². The quantitative estimate of drug-likeness (QED) is 0.366. The van der Waals surface area contributed by atoms with Crippen molar-refractivity contribution in [2.75, 3.05) is 0 Å². The SMILES string of the molecule is CC#C[C@@H](CC(=O)O)c1ccc(OCc2cc(C)c3nn(Cc4ccccc4)cc3c2)cc1. The number of aryl methyl sites for hydroxylation is 1. The van der Waals surface area contributed by atoms with Crippen molar-refractivity contribution >= 4 is 16.9 Å². The fraction of sp³-hybridized carbons (Fsp3) is 0.214. The summed E-state index contributed by atoms with van der Waals surface area (Å²) in [5.41, 5.74) is 5.28. The highest BCUT2D eigenvalue weighted by Crippen LogP contribution is 2.24. The topological polar surface area (TPSA) is 64.3 Å². The van der Waals surface area contributed by atoms with E-state index in [1.165, 1.54) is 5.56 Å². The molecule has 4 rings (SSSR count). The van der Waals surface area contributed by atoms with E-state index >= 15 is 0 Å². The lowest BCUT2D eigenvalue weighted by atomic mass is 9.96. The molecule has 1 aromatic heterocycles. The van der Waals surface area contributed by atoms with E-state index < -0.39 is 5.97 Å². The predicted molar refractivity (Wildman–Crippen MR) is 129 cm³/mol. The fourth-order valence-corrected chi connectivity index (χ4v) is 3.94. The molecule has 33 heavy (non-hydrogen) atoms. The fourth-order valence-electron chi connectivity index (χ4n) is 3.94. The molecule has 0 bridgehead atoms. The van der Waals surface area contributed by atoms with E-state index in [-0.39, 0.29) is 12.3 Å². The zero-order chi connectivity index (χ0) is 23.2. The van der Waals surface area contributed by atoms with Crippen molar-refractivity contribution in [1.82, 2.24) is 9.78 Å². The van der Waals surface area contributed by atoms with Crippen molar-refractivity contribution < 1.29 is 14.6 Å². The number of fused-ring (bicyclic) bond motifs is 1. The van der Waals surface area contributed by atoms with Crippen LogP contribution in [0.5, 0.6) is 5.75 Å². The Morgan fingerprint density at radius 2 is 1.85 bits per heavy atom. The summed E-state index contributed by atoms with van der Waals surface area (Å²) in [5.74, 6) is 5.34. The average Bonchev–Trinajstić information content (AvgIpc) is 3.21. The Morgan fingerprint density at radius 3 is 2.55 bits per heavy atom. The molecular formula is C28H26N2O3. The summed E-state index contributed by atoms with van der Waals surface area (Å²) in [6, 6.07) is 22.0. The Morgan fingerprint density at radius 1 is 1.09 bits per heavy atom. The number of benzene rings is 3. The molecular weight excluding hydrogens is 412 g/mol. The summed E-state index contributed by atoms with van der Waals surface area (Å²) in [6.07, 6.45) is 2.06. The van der Waals surface area contributed by atoms with Crippen LogP contribution >= 0.6 is 0 Å².